The molecular weight excluding hydrogens is 408 g/mol. The first kappa shape index (κ1) is 22.8. The second-order valence-electron chi connectivity index (χ2n) is 8.06. The Kier molecular flexibility index (Phi) is 7.56. The fraction of sp³-hybridized carbons (Fsp3) is 0.200. The molecule has 4 aromatic rings. The zero-order valence-corrected chi connectivity index (χ0v) is 19.2. The molecule has 0 bridgehead atoms. The average Bonchev–Trinajstić information content (AvgIpc) is 2.90. The molecule has 168 valence electrons. The minimum absolute atomic E-state index is 0.0948. The largest absolute Gasteiger partial charge is 0.497 e. The second kappa shape index (κ2) is 11.0. The molecule has 0 N–H and O–H groups in total. The molecule has 0 amide bonds. The van der Waals surface area contributed by atoms with Crippen molar-refractivity contribution in [2.75, 3.05) is 13.7 Å². The molecule has 4 aromatic carbocycles. The molecule has 0 radical (unpaired) electrons. The van der Waals surface area contributed by atoms with E-state index < -0.39 is 5.60 Å². The maximum absolute atomic E-state index is 6.83. The van der Waals surface area contributed by atoms with Crippen molar-refractivity contribution in [1.82, 2.24) is 0 Å². The summed E-state index contributed by atoms with van der Waals surface area (Å²) in [4.78, 5) is 0. The molecule has 0 aliphatic heterocycles. The zero-order chi connectivity index (χ0) is 22.9. The van der Waals surface area contributed by atoms with Gasteiger partial charge < -0.3 is 14.2 Å². The number of methoxy groups -OCH3 is 1. The van der Waals surface area contributed by atoms with Gasteiger partial charge in [0.2, 0.25) is 0 Å². The fourth-order valence-electron chi connectivity index (χ4n) is 4.02. The van der Waals surface area contributed by atoms with Gasteiger partial charge in [0, 0.05) is 0 Å². The van der Waals surface area contributed by atoms with Crippen LogP contribution in [-0.2, 0) is 21.7 Å². The molecule has 0 aliphatic rings. The van der Waals surface area contributed by atoms with Crippen LogP contribution in [0.25, 0.3) is 0 Å². The van der Waals surface area contributed by atoms with Gasteiger partial charge in [-0.3, -0.25) is 0 Å². The predicted molar refractivity (Wildman–Crippen MR) is 132 cm³/mol. The van der Waals surface area contributed by atoms with Crippen molar-refractivity contribution >= 4 is 0 Å². The Hall–Kier alpha value is -3.40. The third kappa shape index (κ3) is 5.33. The Bertz CT molecular complexity index is 997. The van der Waals surface area contributed by atoms with Crippen LogP contribution in [0.3, 0.4) is 0 Å². The molecule has 4 rings (SSSR count). The van der Waals surface area contributed by atoms with Crippen LogP contribution in [0.1, 0.15) is 29.2 Å². The maximum atomic E-state index is 6.83. The molecular formula is C30H30O3. The Morgan fingerprint density at radius 1 is 0.636 bits per heavy atom. The van der Waals surface area contributed by atoms with E-state index in [-0.39, 0.29) is 6.10 Å². The summed E-state index contributed by atoms with van der Waals surface area (Å²) >= 11 is 0. The van der Waals surface area contributed by atoms with Crippen molar-refractivity contribution in [3.8, 4) is 5.75 Å². The first-order valence-electron chi connectivity index (χ1n) is 11.3. The highest BCUT2D eigenvalue weighted by molar-refractivity contribution is 5.47. The second-order valence-corrected chi connectivity index (χ2v) is 8.06. The molecule has 3 heteroatoms. The highest BCUT2D eigenvalue weighted by Gasteiger charge is 2.37. The van der Waals surface area contributed by atoms with E-state index in [9.17, 15) is 0 Å². The molecule has 0 heterocycles. The van der Waals surface area contributed by atoms with Gasteiger partial charge in [0.1, 0.15) is 11.4 Å². The number of rotatable bonds is 10. The third-order valence-corrected chi connectivity index (χ3v) is 5.77. The molecule has 0 saturated carbocycles. The van der Waals surface area contributed by atoms with Gasteiger partial charge in [-0.15, -0.1) is 0 Å². The number of benzene rings is 4. The lowest BCUT2D eigenvalue weighted by Gasteiger charge is -2.36. The predicted octanol–water partition coefficient (Wildman–Crippen LogP) is 6.61. The van der Waals surface area contributed by atoms with Gasteiger partial charge >= 0.3 is 0 Å². The van der Waals surface area contributed by atoms with Gasteiger partial charge in [0.25, 0.3) is 0 Å². The van der Waals surface area contributed by atoms with Crippen LogP contribution in [0.2, 0.25) is 0 Å². The summed E-state index contributed by atoms with van der Waals surface area (Å²) in [5.41, 5.74) is 3.63. The lowest BCUT2D eigenvalue weighted by atomic mass is 9.80. The summed E-state index contributed by atoms with van der Waals surface area (Å²) in [6.45, 7) is 3.01. The third-order valence-electron chi connectivity index (χ3n) is 5.77. The van der Waals surface area contributed by atoms with Crippen LogP contribution in [0.15, 0.2) is 115 Å². The topological polar surface area (TPSA) is 27.7 Å². The van der Waals surface area contributed by atoms with Crippen molar-refractivity contribution < 1.29 is 14.2 Å². The quantitative estimate of drug-likeness (QED) is 0.261. The number of ether oxygens (including phenoxy) is 3. The van der Waals surface area contributed by atoms with Gasteiger partial charge in [-0.2, -0.15) is 0 Å². The van der Waals surface area contributed by atoms with E-state index in [1.54, 1.807) is 7.11 Å². The van der Waals surface area contributed by atoms with Crippen molar-refractivity contribution in [3.63, 3.8) is 0 Å². The molecule has 0 spiro atoms. The first-order chi connectivity index (χ1) is 16.2. The Labute approximate surface area is 196 Å². The zero-order valence-electron chi connectivity index (χ0n) is 19.2. The Morgan fingerprint density at radius 2 is 1.09 bits per heavy atom. The van der Waals surface area contributed by atoms with E-state index >= 15 is 0 Å². The minimum Gasteiger partial charge on any atom is -0.497 e. The minimum atomic E-state index is -0.735. The molecule has 1 atom stereocenters. The van der Waals surface area contributed by atoms with Crippen molar-refractivity contribution in [2.45, 2.75) is 25.2 Å². The van der Waals surface area contributed by atoms with Gasteiger partial charge in [-0.05, 0) is 41.3 Å². The van der Waals surface area contributed by atoms with E-state index in [4.69, 9.17) is 14.2 Å². The van der Waals surface area contributed by atoms with Crippen LogP contribution < -0.4 is 4.74 Å². The molecule has 1 unspecified atom stereocenters. The number of hydrogen-bond acceptors (Lipinski definition) is 3. The summed E-state index contributed by atoms with van der Waals surface area (Å²) in [6.07, 6.45) is -0.0948. The van der Waals surface area contributed by atoms with Crippen LogP contribution in [0.5, 0.6) is 5.75 Å². The van der Waals surface area contributed by atoms with Gasteiger partial charge in [0.05, 0.1) is 26.4 Å². The average molecular weight is 439 g/mol. The molecule has 0 aromatic heterocycles. The standard InChI is InChI=1S/C30H30O3/c1-24(32-23-25-18-20-29(31-2)21-19-25)22-33-30(26-12-6-3-7-13-26,27-14-8-4-9-15-27)28-16-10-5-11-17-28/h3-21,24H,22-23H2,1-2H3. The first-order valence-corrected chi connectivity index (χ1v) is 11.3. The van der Waals surface area contributed by atoms with Crippen LogP contribution in [0, 0.1) is 0 Å². The van der Waals surface area contributed by atoms with Gasteiger partial charge in [-0.1, -0.05) is 103 Å². The van der Waals surface area contributed by atoms with E-state index in [0.29, 0.717) is 13.2 Å². The van der Waals surface area contributed by atoms with E-state index in [0.717, 1.165) is 28.0 Å². The van der Waals surface area contributed by atoms with Crippen LogP contribution in [-0.4, -0.2) is 19.8 Å². The summed E-state index contributed by atoms with van der Waals surface area (Å²) < 4.78 is 18.2. The van der Waals surface area contributed by atoms with Crippen LogP contribution in [0.4, 0.5) is 0 Å². The Morgan fingerprint density at radius 3 is 1.52 bits per heavy atom. The summed E-state index contributed by atoms with van der Waals surface area (Å²) in [5.74, 6) is 0.841. The van der Waals surface area contributed by atoms with E-state index in [1.807, 2.05) is 42.5 Å². The highest BCUT2D eigenvalue weighted by Crippen LogP contribution is 2.40. The van der Waals surface area contributed by atoms with Crippen LogP contribution >= 0.6 is 0 Å². The summed E-state index contributed by atoms with van der Waals surface area (Å²) in [7, 11) is 1.67. The maximum Gasteiger partial charge on any atom is 0.143 e. The summed E-state index contributed by atoms with van der Waals surface area (Å²) in [6, 6.07) is 39.2. The van der Waals surface area contributed by atoms with Gasteiger partial charge in [-0.25, -0.2) is 0 Å². The Balaban J connectivity index is 1.60. The van der Waals surface area contributed by atoms with Crippen molar-refractivity contribution in [1.29, 1.82) is 0 Å². The fourth-order valence-corrected chi connectivity index (χ4v) is 4.02. The van der Waals surface area contributed by atoms with E-state index in [2.05, 4.69) is 79.7 Å². The molecule has 0 fully saturated rings. The molecule has 0 aliphatic carbocycles. The lowest BCUT2D eigenvalue weighted by Crippen LogP contribution is -2.35. The molecule has 3 nitrogen and oxygen atoms in total. The normalized spacial score (nSPS) is 12.3. The molecule has 33 heavy (non-hydrogen) atoms. The molecule has 0 saturated heterocycles. The number of hydrogen-bond donors (Lipinski definition) is 0. The monoisotopic (exact) mass is 438 g/mol. The van der Waals surface area contributed by atoms with Crippen molar-refractivity contribution in [3.05, 3.63) is 138 Å². The highest BCUT2D eigenvalue weighted by atomic mass is 16.5. The van der Waals surface area contributed by atoms with Crippen molar-refractivity contribution in [2.24, 2.45) is 0 Å². The van der Waals surface area contributed by atoms with Gasteiger partial charge in [0.15, 0.2) is 0 Å². The smallest absolute Gasteiger partial charge is 0.143 e. The SMILES string of the molecule is COc1ccc(COC(C)COC(c2ccccc2)(c2ccccc2)c2ccccc2)cc1. The summed E-state index contributed by atoms with van der Waals surface area (Å²) in [5, 5.41) is 0. The lowest BCUT2D eigenvalue weighted by molar-refractivity contribution is -0.0630. The van der Waals surface area contributed by atoms with E-state index in [1.165, 1.54) is 0 Å².